The van der Waals surface area contributed by atoms with Gasteiger partial charge in [0.2, 0.25) is 0 Å². The summed E-state index contributed by atoms with van der Waals surface area (Å²) in [5, 5.41) is 70.7. The highest BCUT2D eigenvalue weighted by Crippen LogP contribution is 2.28. The third kappa shape index (κ3) is 13.7. The average Bonchev–Trinajstić information content (AvgIpc) is 3.01. The van der Waals surface area contributed by atoms with Gasteiger partial charge in [-0.15, -0.1) is 0 Å². The van der Waals surface area contributed by atoms with Crippen LogP contribution >= 0.6 is 0 Å². The molecule has 2 aliphatic rings. The van der Waals surface area contributed by atoms with Gasteiger partial charge in [0.25, 0.3) is 0 Å². The maximum atomic E-state index is 12.3. The van der Waals surface area contributed by atoms with Crippen LogP contribution in [0.15, 0.2) is 0 Å². The van der Waals surface area contributed by atoms with Crippen LogP contribution in [0.4, 0.5) is 0 Å². The Labute approximate surface area is 263 Å². The molecule has 15 heteroatoms. The van der Waals surface area contributed by atoms with E-state index in [1.165, 1.54) is 44.9 Å². The van der Waals surface area contributed by atoms with Gasteiger partial charge >= 0.3 is 17.9 Å². The zero-order chi connectivity index (χ0) is 33.4. The SMILES string of the molecule is CCCCCCCCCCCCCC(=O)OCC1O[C@@H](O[C@@H]2O[C@H](COC(=O)CCC(=O)O)[C@H](O)C(O)C2O)C(O)[C@@H](O)[C@@H]1O. The molecule has 2 aliphatic heterocycles. The van der Waals surface area contributed by atoms with Crippen molar-refractivity contribution in [2.24, 2.45) is 0 Å². The number of carboxylic acids is 1. The number of hydrogen-bond donors (Lipinski definition) is 7. The molecule has 2 rings (SSSR count). The lowest BCUT2D eigenvalue weighted by Crippen LogP contribution is -2.64. The number of hydrogen-bond acceptors (Lipinski definition) is 14. The molecule has 4 unspecified atom stereocenters. The Bertz CT molecular complexity index is 872. The summed E-state index contributed by atoms with van der Waals surface area (Å²) >= 11 is 0. The fraction of sp³-hybridized carbons (Fsp3) is 0.900. The second-order valence-corrected chi connectivity index (χ2v) is 11.7. The molecule has 0 aromatic heterocycles. The van der Waals surface area contributed by atoms with E-state index >= 15 is 0 Å². The number of aliphatic hydroxyl groups excluding tert-OH is 6. The van der Waals surface area contributed by atoms with Crippen molar-refractivity contribution in [1.82, 2.24) is 0 Å². The lowest BCUT2D eigenvalue weighted by atomic mass is 9.98. The minimum Gasteiger partial charge on any atom is -0.481 e. The number of unbranched alkanes of at least 4 members (excludes halogenated alkanes) is 10. The highest BCUT2D eigenvalue weighted by molar-refractivity contribution is 5.76. The Balaban J connectivity index is 1.78. The maximum absolute atomic E-state index is 12.3. The molecule has 2 fully saturated rings. The van der Waals surface area contributed by atoms with E-state index in [-0.39, 0.29) is 6.42 Å². The molecule has 0 spiro atoms. The van der Waals surface area contributed by atoms with E-state index in [9.17, 15) is 45.0 Å². The average molecular weight is 653 g/mol. The zero-order valence-corrected chi connectivity index (χ0v) is 26.0. The molecule has 0 aromatic carbocycles. The minimum atomic E-state index is -1.87. The van der Waals surface area contributed by atoms with Gasteiger partial charge in [-0.2, -0.15) is 0 Å². The topological polar surface area (TPSA) is 239 Å². The first-order valence-corrected chi connectivity index (χ1v) is 16.0. The number of aliphatic hydroxyl groups is 6. The van der Waals surface area contributed by atoms with Crippen molar-refractivity contribution >= 4 is 17.9 Å². The Morgan fingerprint density at radius 3 is 1.36 bits per heavy atom. The highest BCUT2D eigenvalue weighted by Gasteiger charge is 2.50. The molecule has 0 aromatic rings. The first-order chi connectivity index (χ1) is 21.5. The van der Waals surface area contributed by atoms with Gasteiger partial charge in [0.1, 0.15) is 62.0 Å². The van der Waals surface area contributed by atoms with Crippen molar-refractivity contribution in [3.63, 3.8) is 0 Å². The highest BCUT2D eigenvalue weighted by atomic mass is 16.8. The zero-order valence-electron chi connectivity index (χ0n) is 26.0. The Kier molecular flexibility index (Phi) is 18.3. The Morgan fingerprint density at radius 2 is 0.933 bits per heavy atom. The van der Waals surface area contributed by atoms with Gasteiger partial charge in [0.05, 0.1) is 12.8 Å². The van der Waals surface area contributed by atoms with Gasteiger partial charge in [-0.25, -0.2) is 0 Å². The van der Waals surface area contributed by atoms with Gasteiger partial charge in [-0.1, -0.05) is 71.1 Å². The second-order valence-electron chi connectivity index (χ2n) is 11.7. The number of carbonyl (C=O) groups excluding carboxylic acids is 2. The molecule has 15 nitrogen and oxygen atoms in total. The first kappa shape index (κ1) is 39.2. The number of ether oxygens (including phenoxy) is 5. The van der Waals surface area contributed by atoms with Gasteiger partial charge in [0.15, 0.2) is 12.6 Å². The smallest absolute Gasteiger partial charge is 0.306 e. The van der Waals surface area contributed by atoms with E-state index in [1.54, 1.807) is 0 Å². The van der Waals surface area contributed by atoms with Crippen LogP contribution in [0.25, 0.3) is 0 Å². The lowest BCUT2D eigenvalue weighted by Gasteiger charge is -2.44. The Hall–Kier alpha value is -1.95. The molecule has 0 aliphatic carbocycles. The van der Waals surface area contributed by atoms with E-state index in [1.807, 2.05) is 0 Å². The van der Waals surface area contributed by atoms with E-state index in [0.29, 0.717) is 6.42 Å². The molecule has 0 radical (unpaired) electrons. The fourth-order valence-corrected chi connectivity index (χ4v) is 5.10. The van der Waals surface area contributed by atoms with Crippen LogP contribution in [-0.2, 0) is 38.1 Å². The molecule has 10 atom stereocenters. The fourth-order valence-electron chi connectivity index (χ4n) is 5.10. The predicted molar refractivity (Wildman–Crippen MR) is 154 cm³/mol. The van der Waals surface area contributed by atoms with Gasteiger partial charge in [0, 0.05) is 6.42 Å². The van der Waals surface area contributed by atoms with Crippen LogP contribution in [0, 0.1) is 0 Å². The number of carboxylic acid groups (broad SMARTS) is 1. The number of rotatable bonds is 21. The lowest BCUT2D eigenvalue weighted by molar-refractivity contribution is -0.376. The summed E-state index contributed by atoms with van der Waals surface area (Å²) in [6, 6.07) is 0. The summed E-state index contributed by atoms with van der Waals surface area (Å²) in [6.07, 6.45) is -5.39. The molecule has 262 valence electrons. The third-order valence-corrected chi connectivity index (χ3v) is 7.95. The van der Waals surface area contributed by atoms with Crippen molar-refractivity contribution in [3.8, 4) is 0 Å². The second kappa shape index (κ2) is 21.0. The van der Waals surface area contributed by atoms with Crippen molar-refractivity contribution in [2.45, 2.75) is 158 Å². The van der Waals surface area contributed by atoms with Crippen molar-refractivity contribution in [1.29, 1.82) is 0 Å². The monoisotopic (exact) mass is 652 g/mol. The normalized spacial score (nSPS) is 31.8. The van der Waals surface area contributed by atoms with Crippen molar-refractivity contribution < 1.29 is 73.8 Å². The molecular formula is C30H52O15. The van der Waals surface area contributed by atoms with Crippen LogP contribution in [-0.4, -0.2) is 128 Å². The van der Waals surface area contributed by atoms with Gasteiger partial charge in [-0.3, -0.25) is 14.4 Å². The largest absolute Gasteiger partial charge is 0.481 e. The molecule has 2 heterocycles. The Morgan fingerprint density at radius 1 is 0.533 bits per heavy atom. The summed E-state index contributed by atoms with van der Waals surface area (Å²) in [5.74, 6) is -2.65. The summed E-state index contributed by atoms with van der Waals surface area (Å²) in [4.78, 5) is 34.6. The summed E-state index contributed by atoms with van der Waals surface area (Å²) in [5.41, 5.74) is 0. The predicted octanol–water partition coefficient (Wildman–Crippen LogP) is 0.271. The van der Waals surface area contributed by atoms with Crippen LogP contribution in [0.2, 0.25) is 0 Å². The standard InChI is InChI=1S/C30H52O15/c1-2-3-4-5-6-7-8-9-10-11-12-13-21(33)41-16-18-23(35)25(37)27(39)29(43-18)45-30-28(40)26(38)24(36)19(44-30)17-42-22(34)15-14-20(31)32/h18-19,23-30,35-40H,2-17H2,1H3,(H,31,32)/t18?,19-,23-,24+,25+,26?,27?,28?,29+,30+/m1/s1. The molecule has 0 amide bonds. The summed E-state index contributed by atoms with van der Waals surface area (Å²) < 4.78 is 26.5. The molecule has 45 heavy (non-hydrogen) atoms. The van der Waals surface area contributed by atoms with Gasteiger partial charge < -0.3 is 59.4 Å². The molecule has 7 N–H and O–H groups in total. The number of carbonyl (C=O) groups is 3. The first-order valence-electron chi connectivity index (χ1n) is 16.0. The molecule has 0 saturated carbocycles. The summed E-state index contributed by atoms with van der Waals surface area (Å²) in [7, 11) is 0. The number of aliphatic carboxylic acids is 1. The van der Waals surface area contributed by atoms with Crippen molar-refractivity contribution in [3.05, 3.63) is 0 Å². The summed E-state index contributed by atoms with van der Waals surface area (Å²) in [6.45, 7) is 1.10. The van der Waals surface area contributed by atoms with E-state index in [0.717, 1.165) is 19.3 Å². The van der Waals surface area contributed by atoms with Gasteiger partial charge in [-0.05, 0) is 6.42 Å². The third-order valence-electron chi connectivity index (χ3n) is 7.95. The minimum absolute atomic E-state index is 0.162. The van der Waals surface area contributed by atoms with E-state index in [4.69, 9.17) is 28.8 Å². The molecule has 2 saturated heterocycles. The van der Waals surface area contributed by atoms with E-state index in [2.05, 4.69) is 6.92 Å². The van der Waals surface area contributed by atoms with Crippen LogP contribution in [0.5, 0.6) is 0 Å². The number of esters is 2. The quantitative estimate of drug-likeness (QED) is 0.0650. The van der Waals surface area contributed by atoms with Crippen LogP contribution < -0.4 is 0 Å². The van der Waals surface area contributed by atoms with Crippen LogP contribution in [0.1, 0.15) is 96.8 Å². The van der Waals surface area contributed by atoms with Crippen molar-refractivity contribution in [2.75, 3.05) is 13.2 Å². The molecule has 0 bridgehead atoms. The molecular weight excluding hydrogens is 600 g/mol. The maximum Gasteiger partial charge on any atom is 0.306 e. The van der Waals surface area contributed by atoms with E-state index < -0.39 is 105 Å². The van der Waals surface area contributed by atoms with Crippen LogP contribution in [0.3, 0.4) is 0 Å².